The van der Waals surface area contributed by atoms with Crippen molar-refractivity contribution in [1.29, 1.82) is 0 Å². The molecule has 2 heterocycles. The summed E-state index contributed by atoms with van der Waals surface area (Å²) in [6.45, 7) is 4.26. The van der Waals surface area contributed by atoms with Crippen molar-refractivity contribution in [2.24, 2.45) is 5.92 Å². The molecule has 6 heteroatoms. The van der Waals surface area contributed by atoms with E-state index in [-0.39, 0.29) is 11.8 Å². The van der Waals surface area contributed by atoms with Crippen LogP contribution in [-0.2, 0) is 11.3 Å². The fraction of sp³-hybridized carbons (Fsp3) is 0.364. The second kappa shape index (κ2) is 7.92. The van der Waals surface area contributed by atoms with Crippen LogP contribution in [0.5, 0.6) is 5.75 Å². The lowest BCUT2D eigenvalue weighted by Crippen LogP contribution is -2.40. The maximum atomic E-state index is 12.6. The van der Waals surface area contributed by atoms with Crippen LogP contribution in [-0.4, -0.2) is 36.1 Å². The van der Waals surface area contributed by atoms with Gasteiger partial charge in [-0.2, -0.15) is 0 Å². The maximum Gasteiger partial charge on any atom is 0.223 e. The molecule has 4 rings (SSSR count). The molecule has 2 aromatic carbocycles. The molecule has 2 N–H and O–H groups in total. The first kappa shape index (κ1) is 18.3. The van der Waals surface area contributed by atoms with E-state index in [1.165, 1.54) is 5.56 Å². The first-order chi connectivity index (χ1) is 13.6. The SMILES string of the molecule is COc1cccc(CNC(=O)C2CCN(c3nc4ccc(C)cc4[nH]3)CC2)c1. The molecule has 0 bridgehead atoms. The number of methoxy groups -OCH3 is 1. The van der Waals surface area contributed by atoms with Crippen LogP contribution in [0.2, 0.25) is 0 Å². The van der Waals surface area contributed by atoms with E-state index < -0.39 is 0 Å². The number of amides is 1. The highest BCUT2D eigenvalue weighted by atomic mass is 16.5. The van der Waals surface area contributed by atoms with E-state index in [4.69, 9.17) is 9.72 Å². The monoisotopic (exact) mass is 378 g/mol. The van der Waals surface area contributed by atoms with E-state index in [0.29, 0.717) is 6.54 Å². The third-order valence-electron chi connectivity index (χ3n) is 5.39. The number of carbonyl (C=O) groups is 1. The van der Waals surface area contributed by atoms with E-state index in [1.807, 2.05) is 30.3 Å². The van der Waals surface area contributed by atoms with Gasteiger partial charge in [0.2, 0.25) is 11.9 Å². The van der Waals surface area contributed by atoms with Crippen LogP contribution in [0, 0.1) is 12.8 Å². The molecule has 1 aliphatic heterocycles. The number of fused-ring (bicyclic) bond motifs is 1. The zero-order valence-corrected chi connectivity index (χ0v) is 16.4. The average Bonchev–Trinajstić information content (AvgIpc) is 3.15. The Morgan fingerprint density at radius 3 is 2.86 bits per heavy atom. The Labute approximate surface area is 164 Å². The highest BCUT2D eigenvalue weighted by Crippen LogP contribution is 2.24. The molecule has 0 aliphatic carbocycles. The smallest absolute Gasteiger partial charge is 0.223 e. The van der Waals surface area contributed by atoms with Gasteiger partial charge in [-0.25, -0.2) is 4.98 Å². The van der Waals surface area contributed by atoms with Gasteiger partial charge < -0.3 is 19.9 Å². The number of anilines is 1. The quantitative estimate of drug-likeness (QED) is 0.714. The van der Waals surface area contributed by atoms with E-state index in [9.17, 15) is 4.79 Å². The Balaban J connectivity index is 1.32. The van der Waals surface area contributed by atoms with Crippen molar-refractivity contribution >= 4 is 22.9 Å². The molecule has 1 aromatic heterocycles. The van der Waals surface area contributed by atoms with Gasteiger partial charge in [0.15, 0.2) is 0 Å². The number of ether oxygens (including phenoxy) is 1. The molecule has 0 saturated carbocycles. The van der Waals surface area contributed by atoms with Gasteiger partial charge >= 0.3 is 0 Å². The third kappa shape index (κ3) is 3.96. The number of imidazole rings is 1. The second-order valence-electron chi connectivity index (χ2n) is 7.41. The number of rotatable bonds is 5. The average molecular weight is 378 g/mol. The number of piperidine rings is 1. The van der Waals surface area contributed by atoms with Gasteiger partial charge in [0.05, 0.1) is 18.1 Å². The fourth-order valence-corrected chi connectivity index (χ4v) is 3.73. The predicted octanol–water partition coefficient (Wildman–Crippen LogP) is 3.41. The van der Waals surface area contributed by atoms with E-state index in [2.05, 4.69) is 34.3 Å². The van der Waals surface area contributed by atoms with E-state index >= 15 is 0 Å². The molecule has 1 saturated heterocycles. The number of aromatic nitrogens is 2. The number of hydrogen-bond donors (Lipinski definition) is 2. The molecule has 6 nitrogen and oxygen atoms in total. The number of hydrogen-bond acceptors (Lipinski definition) is 4. The van der Waals surface area contributed by atoms with Gasteiger partial charge in [0, 0.05) is 25.6 Å². The zero-order chi connectivity index (χ0) is 19.5. The topological polar surface area (TPSA) is 70.2 Å². The molecule has 3 aromatic rings. The van der Waals surface area contributed by atoms with Crippen LogP contribution in [0.3, 0.4) is 0 Å². The van der Waals surface area contributed by atoms with Crippen molar-refractivity contribution in [3.05, 3.63) is 53.6 Å². The number of nitrogens with zero attached hydrogens (tertiary/aromatic N) is 2. The highest BCUT2D eigenvalue weighted by molar-refractivity contribution is 5.80. The van der Waals surface area contributed by atoms with Crippen molar-refractivity contribution in [2.45, 2.75) is 26.3 Å². The fourth-order valence-electron chi connectivity index (χ4n) is 3.73. The molecule has 0 radical (unpaired) electrons. The summed E-state index contributed by atoms with van der Waals surface area (Å²) in [5, 5.41) is 3.07. The Hall–Kier alpha value is -3.02. The van der Waals surface area contributed by atoms with Crippen LogP contribution in [0.1, 0.15) is 24.0 Å². The Kier molecular flexibility index (Phi) is 5.19. The Morgan fingerprint density at radius 2 is 2.07 bits per heavy atom. The minimum atomic E-state index is 0.0495. The van der Waals surface area contributed by atoms with Gasteiger partial charge in [-0.1, -0.05) is 18.2 Å². The summed E-state index contributed by atoms with van der Waals surface area (Å²) in [5.74, 6) is 1.88. The minimum absolute atomic E-state index is 0.0495. The molecule has 0 unspecified atom stereocenters. The first-order valence-corrected chi connectivity index (χ1v) is 9.74. The lowest BCUT2D eigenvalue weighted by atomic mass is 9.96. The summed E-state index contributed by atoms with van der Waals surface area (Å²) >= 11 is 0. The molecule has 28 heavy (non-hydrogen) atoms. The van der Waals surface area contributed by atoms with Crippen molar-refractivity contribution in [3.63, 3.8) is 0 Å². The van der Waals surface area contributed by atoms with Gasteiger partial charge in [-0.05, 0) is 55.2 Å². The molecular formula is C22H26N4O2. The van der Waals surface area contributed by atoms with Crippen LogP contribution in [0.15, 0.2) is 42.5 Å². The van der Waals surface area contributed by atoms with E-state index in [0.717, 1.165) is 54.2 Å². The standard InChI is InChI=1S/C22H26N4O2/c1-15-6-7-19-20(12-15)25-22(24-19)26-10-8-17(9-11-26)21(27)23-14-16-4-3-5-18(13-16)28-2/h3-7,12-13,17H,8-11,14H2,1-2H3,(H,23,27)(H,24,25). The summed E-state index contributed by atoms with van der Waals surface area (Å²) < 4.78 is 5.23. The summed E-state index contributed by atoms with van der Waals surface area (Å²) in [5.41, 5.74) is 4.31. The molecule has 1 fully saturated rings. The highest BCUT2D eigenvalue weighted by Gasteiger charge is 2.26. The summed E-state index contributed by atoms with van der Waals surface area (Å²) in [6, 6.07) is 14.0. The van der Waals surface area contributed by atoms with Crippen molar-refractivity contribution < 1.29 is 9.53 Å². The largest absolute Gasteiger partial charge is 0.497 e. The summed E-state index contributed by atoms with van der Waals surface area (Å²) in [4.78, 5) is 22.9. The number of aryl methyl sites for hydroxylation is 1. The van der Waals surface area contributed by atoms with Crippen molar-refractivity contribution in [3.8, 4) is 5.75 Å². The molecule has 0 atom stereocenters. The number of benzene rings is 2. The number of aromatic amines is 1. The maximum absolute atomic E-state index is 12.6. The number of H-pyrrole nitrogens is 1. The minimum Gasteiger partial charge on any atom is -0.497 e. The molecule has 146 valence electrons. The Morgan fingerprint density at radius 1 is 1.25 bits per heavy atom. The lowest BCUT2D eigenvalue weighted by Gasteiger charge is -2.31. The van der Waals surface area contributed by atoms with Gasteiger partial charge in [0.1, 0.15) is 5.75 Å². The first-order valence-electron chi connectivity index (χ1n) is 9.74. The predicted molar refractivity (Wildman–Crippen MR) is 111 cm³/mol. The molecule has 0 spiro atoms. The Bertz CT molecular complexity index is 974. The van der Waals surface area contributed by atoms with Gasteiger partial charge in [-0.3, -0.25) is 4.79 Å². The summed E-state index contributed by atoms with van der Waals surface area (Å²) in [6.07, 6.45) is 1.67. The van der Waals surface area contributed by atoms with Crippen LogP contribution in [0.25, 0.3) is 11.0 Å². The van der Waals surface area contributed by atoms with Crippen LogP contribution >= 0.6 is 0 Å². The summed E-state index contributed by atoms with van der Waals surface area (Å²) in [7, 11) is 1.65. The third-order valence-corrected chi connectivity index (χ3v) is 5.39. The van der Waals surface area contributed by atoms with Crippen molar-refractivity contribution in [2.75, 3.05) is 25.1 Å². The van der Waals surface area contributed by atoms with Crippen molar-refractivity contribution in [1.82, 2.24) is 15.3 Å². The molecule has 1 aliphatic rings. The molecular weight excluding hydrogens is 352 g/mol. The molecule has 1 amide bonds. The normalized spacial score (nSPS) is 15.0. The van der Waals surface area contributed by atoms with E-state index in [1.54, 1.807) is 7.11 Å². The van der Waals surface area contributed by atoms with Crippen LogP contribution in [0.4, 0.5) is 5.95 Å². The van der Waals surface area contributed by atoms with Gasteiger partial charge in [-0.15, -0.1) is 0 Å². The van der Waals surface area contributed by atoms with Crippen LogP contribution < -0.4 is 15.0 Å². The number of nitrogens with one attached hydrogen (secondary N) is 2. The zero-order valence-electron chi connectivity index (χ0n) is 16.4. The van der Waals surface area contributed by atoms with Gasteiger partial charge in [0.25, 0.3) is 0 Å². The number of carbonyl (C=O) groups excluding carboxylic acids is 1. The lowest BCUT2D eigenvalue weighted by molar-refractivity contribution is -0.125. The second-order valence-corrected chi connectivity index (χ2v) is 7.41.